The summed E-state index contributed by atoms with van der Waals surface area (Å²) in [4.78, 5) is 14.6. The van der Waals surface area contributed by atoms with Gasteiger partial charge in [0.25, 0.3) is 0 Å². The Kier molecular flexibility index (Phi) is 3.27. The highest BCUT2D eigenvalue weighted by Crippen LogP contribution is 2.43. The molecule has 6 nitrogen and oxygen atoms in total. The van der Waals surface area contributed by atoms with E-state index in [9.17, 15) is 23.1 Å². The number of nitrogens with two attached hydrogens (primary N) is 1. The second-order valence-electron chi connectivity index (χ2n) is 4.22. The van der Waals surface area contributed by atoms with Crippen LogP contribution >= 0.6 is 0 Å². The van der Waals surface area contributed by atoms with Gasteiger partial charge in [0, 0.05) is 0 Å². The normalized spacial score (nSPS) is 29.6. The largest absolute Gasteiger partial charge is 0.384 e. The summed E-state index contributed by atoms with van der Waals surface area (Å²) in [5.74, 6) is -5.53. The number of anilines is 1. The fourth-order valence-electron chi connectivity index (χ4n) is 1.92. The van der Waals surface area contributed by atoms with Gasteiger partial charge in [0.1, 0.15) is 6.10 Å². The second-order valence-corrected chi connectivity index (χ2v) is 4.22. The van der Waals surface area contributed by atoms with E-state index in [4.69, 9.17) is 10.5 Å². The van der Waals surface area contributed by atoms with E-state index in [2.05, 4.69) is 4.98 Å². The fraction of sp³-hybridized carbons (Fsp3) is 0.600. The van der Waals surface area contributed by atoms with Crippen LogP contribution in [0.25, 0.3) is 0 Å². The Morgan fingerprint density at radius 1 is 1.63 bits per heavy atom. The highest BCUT2D eigenvalue weighted by molar-refractivity contribution is 5.26. The summed E-state index contributed by atoms with van der Waals surface area (Å²) in [5.41, 5.74) is 3.89. The molecule has 0 aliphatic carbocycles. The minimum atomic E-state index is -3.73. The number of aliphatic hydroxyl groups excluding tert-OH is 1. The average molecular weight is 278 g/mol. The van der Waals surface area contributed by atoms with Crippen molar-refractivity contribution in [1.29, 1.82) is 0 Å². The van der Waals surface area contributed by atoms with Crippen molar-refractivity contribution in [2.24, 2.45) is 0 Å². The summed E-state index contributed by atoms with van der Waals surface area (Å²) >= 11 is 0. The molecule has 3 N–H and O–H groups in total. The lowest BCUT2D eigenvalue weighted by atomic mass is 10.1. The van der Waals surface area contributed by atoms with Crippen LogP contribution < -0.4 is 11.4 Å². The standard InChI is InChI=1S/C10H12F3N3O3/c1-2-5-6(17)10(12,13)8(19-5)16-3-4(11)7(14)15-9(16)18/h3,5-6,8,17H,2H2,1H3,(H2,14,15,18)/i11-1. The molecule has 2 heterocycles. The lowest BCUT2D eigenvalue weighted by molar-refractivity contribution is -0.141. The van der Waals surface area contributed by atoms with Gasteiger partial charge in [0.15, 0.2) is 11.6 Å². The number of aliphatic hydroxyl groups is 1. The molecule has 1 aromatic heterocycles. The topological polar surface area (TPSA) is 90.4 Å². The third-order valence-electron chi connectivity index (χ3n) is 2.97. The first-order valence-electron chi connectivity index (χ1n) is 5.54. The Labute approximate surface area is 105 Å². The molecule has 1 fully saturated rings. The van der Waals surface area contributed by atoms with Crippen LogP contribution in [0, 0.1) is 5.82 Å². The summed E-state index contributed by atoms with van der Waals surface area (Å²) in [6, 6.07) is 0. The molecular weight excluding hydrogens is 266 g/mol. The van der Waals surface area contributed by atoms with Crippen LogP contribution in [0.5, 0.6) is 0 Å². The highest BCUT2D eigenvalue weighted by Gasteiger charge is 2.59. The Hall–Kier alpha value is -1.61. The Balaban J connectivity index is 2.48. The van der Waals surface area contributed by atoms with Crippen LogP contribution in [0.2, 0.25) is 0 Å². The van der Waals surface area contributed by atoms with Gasteiger partial charge < -0.3 is 15.6 Å². The molecule has 106 valence electrons. The summed E-state index contributed by atoms with van der Waals surface area (Å²) in [7, 11) is 0. The van der Waals surface area contributed by atoms with Crippen LogP contribution in [-0.2, 0) is 4.74 Å². The van der Waals surface area contributed by atoms with E-state index >= 15 is 0 Å². The maximum Gasteiger partial charge on any atom is 0.352 e. The Bertz CT molecular complexity index is 549. The number of hydrogen-bond acceptors (Lipinski definition) is 5. The van der Waals surface area contributed by atoms with E-state index in [0.717, 1.165) is 0 Å². The van der Waals surface area contributed by atoms with Crippen molar-refractivity contribution < 1.29 is 23.0 Å². The van der Waals surface area contributed by atoms with Crippen molar-refractivity contribution >= 4 is 5.82 Å². The van der Waals surface area contributed by atoms with Gasteiger partial charge in [-0.3, -0.25) is 4.57 Å². The molecule has 3 atom stereocenters. The fourth-order valence-corrected chi connectivity index (χ4v) is 1.92. The summed E-state index contributed by atoms with van der Waals surface area (Å²) in [6.07, 6.45) is -4.72. The van der Waals surface area contributed by atoms with Crippen molar-refractivity contribution in [1.82, 2.24) is 9.55 Å². The van der Waals surface area contributed by atoms with Crippen LogP contribution in [0.3, 0.4) is 0 Å². The molecule has 0 aromatic carbocycles. The summed E-state index contributed by atoms with van der Waals surface area (Å²) in [6.45, 7) is 1.54. The van der Waals surface area contributed by atoms with Crippen molar-refractivity contribution in [3.8, 4) is 0 Å². The van der Waals surface area contributed by atoms with Crippen molar-refractivity contribution in [3.05, 3.63) is 22.5 Å². The molecule has 0 radical (unpaired) electrons. The molecule has 0 saturated carbocycles. The van der Waals surface area contributed by atoms with E-state index in [1.54, 1.807) is 0 Å². The monoisotopic (exact) mass is 278 g/mol. The van der Waals surface area contributed by atoms with Gasteiger partial charge in [-0.15, -0.1) is 0 Å². The van der Waals surface area contributed by atoms with Crippen LogP contribution in [0.4, 0.5) is 19.0 Å². The molecule has 2 rings (SSSR count). The lowest BCUT2D eigenvalue weighted by Crippen LogP contribution is -2.41. The van der Waals surface area contributed by atoms with Crippen LogP contribution in [-0.4, -0.2) is 32.8 Å². The number of halogens is 3. The zero-order valence-electron chi connectivity index (χ0n) is 9.89. The predicted octanol–water partition coefficient (Wildman–Crippen LogP) is 0.268. The maximum absolute atomic E-state index is 13.8. The molecule has 1 aromatic rings. The van der Waals surface area contributed by atoms with Gasteiger partial charge in [-0.2, -0.15) is 13.8 Å². The van der Waals surface area contributed by atoms with Crippen LogP contribution in [0.15, 0.2) is 11.0 Å². The minimum Gasteiger partial charge on any atom is -0.384 e. The van der Waals surface area contributed by atoms with Gasteiger partial charge in [-0.1, -0.05) is 6.92 Å². The van der Waals surface area contributed by atoms with E-state index in [1.807, 2.05) is 0 Å². The van der Waals surface area contributed by atoms with Crippen LogP contribution in [0.1, 0.15) is 19.6 Å². The molecule has 1 aliphatic rings. The van der Waals surface area contributed by atoms with Gasteiger partial charge in [-0.05, 0) is 6.42 Å². The van der Waals surface area contributed by atoms with Gasteiger partial charge in [0.2, 0.25) is 6.23 Å². The first-order valence-corrected chi connectivity index (χ1v) is 5.54. The SMILES string of the molecule is CCC1OC(n2cc([18F])c(N)nc2=O)C(F)(F)C1O. The summed E-state index contributed by atoms with van der Waals surface area (Å²) in [5, 5.41) is 9.43. The van der Waals surface area contributed by atoms with E-state index in [-0.39, 0.29) is 6.42 Å². The number of rotatable bonds is 2. The average Bonchev–Trinajstić information content (AvgIpc) is 2.56. The molecule has 0 amide bonds. The maximum atomic E-state index is 13.8. The van der Waals surface area contributed by atoms with Gasteiger partial charge >= 0.3 is 11.6 Å². The summed E-state index contributed by atoms with van der Waals surface area (Å²) < 4.78 is 46.1. The Morgan fingerprint density at radius 3 is 2.79 bits per heavy atom. The molecule has 1 aliphatic heterocycles. The van der Waals surface area contributed by atoms with Gasteiger partial charge in [-0.25, -0.2) is 9.18 Å². The molecule has 19 heavy (non-hydrogen) atoms. The lowest BCUT2D eigenvalue weighted by Gasteiger charge is -2.21. The smallest absolute Gasteiger partial charge is 0.352 e. The van der Waals surface area contributed by atoms with Gasteiger partial charge in [0.05, 0.1) is 12.3 Å². The predicted molar refractivity (Wildman–Crippen MR) is 58.0 cm³/mol. The van der Waals surface area contributed by atoms with E-state index < -0.39 is 41.7 Å². The zero-order chi connectivity index (χ0) is 14.4. The number of nitrogen functional groups attached to an aromatic ring is 1. The minimum absolute atomic E-state index is 0.118. The Morgan fingerprint density at radius 2 is 2.26 bits per heavy atom. The number of nitrogens with zero attached hydrogens (tertiary/aromatic N) is 2. The first kappa shape index (κ1) is 13.8. The molecule has 3 unspecified atom stereocenters. The molecule has 0 spiro atoms. The molecule has 9 heteroatoms. The molecule has 1 saturated heterocycles. The van der Waals surface area contributed by atoms with Crippen molar-refractivity contribution in [2.75, 3.05) is 5.73 Å². The number of ether oxygens (including phenoxy) is 1. The number of alkyl halides is 2. The van der Waals surface area contributed by atoms with E-state index in [0.29, 0.717) is 10.8 Å². The number of aromatic nitrogens is 2. The third-order valence-corrected chi connectivity index (χ3v) is 2.97. The molecular formula is C10H12F3N3O3. The third kappa shape index (κ3) is 2.08. The zero-order valence-corrected chi connectivity index (χ0v) is 9.89. The quantitative estimate of drug-likeness (QED) is 0.810. The van der Waals surface area contributed by atoms with Crippen molar-refractivity contribution in [2.45, 2.75) is 37.7 Å². The highest BCUT2D eigenvalue weighted by atomic mass is 19.3. The number of hydrogen-bond donors (Lipinski definition) is 2. The second kappa shape index (κ2) is 4.49. The van der Waals surface area contributed by atoms with Crippen molar-refractivity contribution in [3.63, 3.8) is 0 Å². The molecule has 0 bridgehead atoms. The van der Waals surface area contributed by atoms with E-state index in [1.165, 1.54) is 6.92 Å². The first-order chi connectivity index (χ1) is 8.78.